The molecule has 6 heteroatoms. The molecule has 0 aliphatic heterocycles. The van der Waals surface area contributed by atoms with E-state index in [0.717, 1.165) is 0 Å². The van der Waals surface area contributed by atoms with Crippen molar-refractivity contribution in [3.63, 3.8) is 0 Å². The lowest BCUT2D eigenvalue weighted by Gasteiger charge is -2.62. The van der Waals surface area contributed by atoms with Crippen LogP contribution in [-0.2, 0) is 14.8 Å². The summed E-state index contributed by atoms with van der Waals surface area (Å²) in [7, 11) is -1.81. The van der Waals surface area contributed by atoms with Gasteiger partial charge in [0.05, 0.1) is 12.4 Å². The van der Waals surface area contributed by atoms with Crippen LogP contribution >= 0.6 is 0 Å². The molecule has 0 saturated heterocycles. The molecule has 0 aromatic rings. The van der Waals surface area contributed by atoms with Gasteiger partial charge in [0.15, 0.2) is 0 Å². The van der Waals surface area contributed by atoms with E-state index in [2.05, 4.69) is 4.72 Å². The highest BCUT2D eigenvalue weighted by Gasteiger charge is 2.60. The van der Waals surface area contributed by atoms with Gasteiger partial charge in [-0.25, -0.2) is 13.1 Å². The van der Waals surface area contributed by atoms with Crippen LogP contribution in [0.1, 0.15) is 27.7 Å². The largest absolute Gasteiger partial charge is 0.384 e. The van der Waals surface area contributed by atoms with E-state index >= 15 is 0 Å². The Morgan fingerprint density at radius 2 is 1.71 bits per heavy atom. The van der Waals surface area contributed by atoms with Crippen LogP contribution in [0.3, 0.4) is 0 Å². The zero-order chi connectivity index (χ0) is 13.5. The molecule has 0 spiro atoms. The monoisotopic (exact) mass is 264 g/mol. The highest BCUT2D eigenvalue weighted by Crippen LogP contribution is 2.52. The first kappa shape index (κ1) is 14.9. The summed E-state index contributed by atoms with van der Waals surface area (Å²) < 4.78 is 31.2. The lowest BCUT2D eigenvalue weighted by atomic mass is 9.49. The van der Waals surface area contributed by atoms with Gasteiger partial charge in [0.25, 0.3) is 0 Å². The van der Waals surface area contributed by atoms with E-state index < -0.39 is 10.0 Å². The number of methoxy groups -OCH3 is 1. The number of nitrogens with two attached hydrogens (primary N) is 1. The summed E-state index contributed by atoms with van der Waals surface area (Å²) in [6.45, 7) is 8.17. The maximum absolute atomic E-state index is 11.8. The van der Waals surface area contributed by atoms with Gasteiger partial charge in [0, 0.05) is 19.2 Å². The van der Waals surface area contributed by atoms with Crippen LogP contribution in [-0.4, -0.2) is 40.0 Å². The molecule has 0 radical (unpaired) electrons. The Kier molecular flexibility index (Phi) is 3.94. The van der Waals surface area contributed by atoms with Crippen molar-refractivity contribution < 1.29 is 13.2 Å². The zero-order valence-corrected chi connectivity index (χ0v) is 12.1. The van der Waals surface area contributed by atoms with E-state index in [1.165, 1.54) is 7.11 Å². The lowest BCUT2D eigenvalue weighted by Crippen LogP contribution is -2.76. The number of hydrogen-bond donors (Lipinski definition) is 2. The van der Waals surface area contributed by atoms with Gasteiger partial charge in [-0.05, 0) is 10.8 Å². The van der Waals surface area contributed by atoms with Gasteiger partial charge < -0.3 is 10.5 Å². The van der Waals surface area contributed by atoms with Crippen molar-refractivity contribution in [3.8, 4) is 0 Å². The van der Waals surface area contributed by atoms with Crippen LogP contribution in [0.25, 0.3) is 0 Å². The van der Waals surface area contributed by atoms with Crippen LogP contribution in [0, 0.1) is 10.8 Å². The van der Waals surface area contributed by atoms with E-state index in [1.54, 1.807) is 0 Å². The molecule has 0 amide bonds. The molecule has 0 unspecified atom stereocenters. The second kappa shape index (κ2) is 4.50. The van der Waals surface area contributed by atoms with Crippen molar-refractivity contribution in [1.82, 2.24) is 4.72 Å². The molecule has 5 nitrogen and oxygen atoms in total. The second-order valence-corrected chi connectivity index (χ2v) is 7.86. The Balaban J connectivity index is 2.75. The number of hydrogen-bond acceptors (Lipinski definition) is 4. The first-order valence-corrected chi connectivity index (χ1v) is 7.45. The highest BCUT2D eigenvalue weighted by atomic mass is 32.2. The smallest absolute Gasteiger partial charge is 0.214 e. The molecule has 1 fully saturated rings. The molecule has 1 aliphatic carbocycles. The van der Waals surface area contributed by atoms with Crippen LogP contribution in [0.4, 0.5) is 0 Å². The molecule has 102 valence electrons. The zero-order valence-electron chi connectivity index (χ0n) is 11.3. The predicted molar refractivity (Wildman–Crippen MR) is 68.1 cm³/mol. The van der Waals surface area contributed by atoms with Gasteiger partial charge in [-0.3, -0.25) is 0 Å². The highest BCUT2D eigenvalue weighted by molar-refractivity contribution is 7.89. The fourth-order valence-electron chi connectivity index (χ4n) is 2.92. The number of rotatable bonds is 5. The third-order valence-electron chi connectivity index (χ3n) is 3.94. The maximum Gasteiger partial charge on any atom is 0.214 e. The third-order valence-corrected chi connectivity index (χ3v) is 5.24. The fourth-order valence-corrected chi connectivity index (χ4v) is 4.39. The molecular weight excluding hydrogens is 240 g/mol. The Hall–Kier alpha value is -0.170. The molecule has 0 heterocycles. The Labute approximate surface area is 104 Å². The molecule has 0 bridgehead atoms. The van der Waals surface area contributed by atoms with Crippen LogP contribution < -0.4 is 10.5 Å². The average molecular weight is 264 g/mol. The van der Waals surface area contributed by atoms with Crippen LogP contribution in [0.5, 0.6) is 0 Å². The van der Waals surface area contributed by atoms with Crippen molar-refractivity contribution in [2.75, 3.05) is 19.5 Å². The van der Waals surface area contributed by atoms with Gasteiger partial charge in [-0.2, -0.15) is 0 Å². The quantitative estimate of drug-likeness (QED) is 0.749. The van der Waals surface area contributed by atoms with Gasteiger partial charge in [0.1, 0.15) is 0 Å². The third kappa shape index (κ3) is 2.65. The van der Waals surface area contributed by atoms with Crippen LogP contribution in [0.2, 0.25) is 0 Å². The van der Waals surface area contributed by atoms with Gasteiger partial charge >= 0.3 is 0 Å². The number of ether oxygens (including phenoxy) is 1. The lowest BCUT2D eigenvalue weighted by molar-refractivity contribution is -0.0594. The first-order chi connectivity index (χ1) is 7.55. The van der Waals surface area contributed by atoms with E-state index in [0.29, 0.717) is 0 Å². The van der Waals surface area contributed by atoms with Gasteiger partial charge in [-0.15, -0.1) is 0 Å². The molecule has 17 heavy (non-hydrogen) atoms. The molecule has 1 saturated carbocycles. The molecule has 0 atom stereocenters. The minimum absolute atomic E-state index is 0.00914. The summed E-state index contributed by atoms with van der Waals surface area (Å²) in [4.78, 5) is 0. The van der Waals surface area contributed by atoms with Crippen molar-refractivity contribution >= 4 is 10.0 Å². The van der Waals surface area contributed by atoms with E-state index in [-0.39, 0.29) is 35.3 Å². The van der Waals surface area contributed by atoms with E-state index in [9.17, 15) is 8.42 Å². The minimum atomic E-state index is -3.30. The summed E-state index contributed by atoms with van der Waals surface area (Å²) in [5.41, 5.74) is 5.65. The minimum Gasteiger partial charge on any atom is -0.384 e. The fraction of sp³-hybridized carbons (Fsp3) is 1.00. The summed E-state index contributed by atoms with van der Waals surface area (Å²) in [6, 6.07) is -0.142. The summed E-state index contributed by atoms with van der Waals surface area (Å²) >= 11 is 0. The Bertz CT molecular complexity index is 360. The molecular formula is C11H24N2O3S. The first-order valence-electron chi connectivity index (χ1n) is 5.80. The van der Waals surface area contributed by atoms with Crippen molar-refractivity contribution in [2.45, 2.75) is 39.8 Å². The average Bonchev–Trinajstić information content (AvgIpc) is 2.22. The Morgan fingerprint density at radius 3 is 2.12 bits per heavy atom. The molecule has 3 N–H and O–H groups in total. The van der Waals surface area contributed by atoms with Crippen molar-refractivity contribution in [3.05, 3.63) is 0 Å². The Morgan fingerprint density at radius 1 is 1.24 bits per heavy atom. The van der Waals surface area contributed by atoms with Gasteiger partial charge in [0.2, 0.25) is 10.0 Å². The topological polar surface area (TPSA) is 81.4 Å². The summed E-state index contributed by atoms with van der Waals surface area (Å²) in [5, 5.41) is 0. The van der Waals surface area contributed by atoms with Gasteiger partial charge in [-0.1, -0.05) is 27.7 Å². The maximum atomic E-state index is 11.8. The van der Waals surface area contributed by atoms with E-state index in [1.807, 2.05) is 27.7 Å². The molecule has 1 rings (SSSR count). The van der Waals surface area contributed by atoms with Crippen LogP contribution in [0.15, 0.2) is 0 Å². The molecule has 0 aromatic heterocycles. The summed E-state index contributed by atoms with van der Waals surface area (Å²) in [5.74, 6) is -0.0125. The van der Waals surface area contributed by atoms with Crippen molar-refractivity contribution in [2.24, 2.45) is 16.6 Å². The normalized spacial score (nSPS) is 30.9. The molecule has 1 aliphatic rings. The standard InChI is InChI=1S/C11H24N2O3S/c1-10(2)8(12)11(3,4)9(10)13-17(14,15)7-6-16-5/h8-9,13H,6-7,12H2,1-5H3. The summed E-state index contributed by atoms with van der Waals surface area (Å²) in [6.07, 6.45) is 0. The number of sulfonamides is 1. The van der Waals surface area contributed by atoms with Crippen molar-refractivity contribution in [1.29, 1.82) is 0 Å². The second-order valence-electron chi connectivity index (χ2n) is 5.98. The predicted octanol–water partition coefficient (Wildman–Crippen LogP) is 0.314. The van der Waals surface area contributed by atoms with E-state index in [4.69, 9.17) is 10.5 Å². The number of nitrogens with one attached hydrogen (secondary N) is 1. The SMILES string of the molecule is COCCS(=O)(=O)NC1C(C)(C)C(N)C1(C)C. The molecule has 0 aromatic carbocycles.